The minimum Gasteiger partial charge on any atom is -0.306 e. The average molecular weight is 319 g/mol. The molecule has 0 aliphatic rings. The smallest absolute Gasteiger partial charge is 0.124 e. The molecule has 3 aromatic heterocycles. The Bertz CT molecular complexity index is 1240. The highest BCUT2D eigenvalue weighted by atomic mass is 19.1. The Morgan fingerprint density at radius 3 is 2.88 bits per heavy atom. The number of hydrogen-bond donors (Lipinski definition) is 1. The van der Waals surface area contributed by atoms with Gasteiger partial charge in [-0.2, -0.15) is 10.2 Å². The fourth-order valence-corrected chi connectivity index (χ4v) is 3.48. The molecule has 2 aromatic carbocycles. The monoisotopic (exact) mass is 319 g/mol. The van der Waals surface area contributed by atoms with Gasteiger partial charge in [-0.1, -0.05) is 0 Å². The molecule has 0 bridgehead atoms. The molecule has 1 N–H and O–H groups in total. The lowest BCUT2D eigenvalue weighted by Gasteiger charge is -2.10. The summed E-state index contributed by atoms with van der Waals surface area (Å²) in [4.78, 5) is 0. The maximum Gasteiger partial charge on any atom is 0.124 e. The first-order valence-electron chi connectivity index (χ1n) is 7.69. The van der Waals surface area contributed by atoms with E-state index in [1.54, 1.807) is 18.3 Å². The fourth-order valence-electron chi connectivity index (χ4n) is 3.48. The van der Waals surface area contributed by atoms with Gasteiger partial charge in [-0.05, 0) is 42.8 Å². The summed E-state index contributed by atoms with van der Waals surface area (Å²) in [6.45, 7) is 2.07. The van der Waals surface area contributed by atoms with Crippen LogP contribution in [0.2, 0.25) is 0 Å². The van der Waals surface area contributed by atoms with E-state index in [1.165, 1.54) is 6.07 Å². The van der Waals surface area contributed by atoms with Gasteiger partial charge in [0, 0.05) is 24.0 Å². The van der Waals surface area contributed by atoms with E-state index >= 15 is 0 Å². The van der Waals surface area contributed by atoms with Crippen LogP contribution in [0, 0.1) is 12.7 Å². The number of aryl methyl sites for hydroxylation is 2. The van der Waals surface area contributed by atoms with Gasteiger partial charge in [0.25, 0.3) is 0 Å². The first-order chi connectivity index (χ1) is 11.6. The first-order valence-corrected chi connectivity index (χ1v) is 7.69. The second-order valence-electron chi connectivity index (χ2n) is 6.13. The van der Waals surface area contributed by atoms with Crippen LogP contribution < -0.4 is 0 Å². The molecule has 118 valence electrons. The maximum absolute atomic E-state index is 13.7. The fraction of sp³-hybridized carbons (Fsp3) is 0.111. The number of nitrogens with zero attached hydrogens (tertiary/aromatic N) is 4. The summed E-state index contributed by atoms with van der Waals surface area (Å²) in [5, 5.41) is 13.5. The third kappa shape index (κ3) is 1.68. The Hall–Kier alpha value is -3.15. The lowest BCUT2D eigenvalue weighted by atomic mass is 10.1. The Kier molecular flexibility index (Phi) is 2.46. The second-order valence-corrected chi connectivity index (χ2v) is 6.13. The summed E-state index contributed by atoms with van der Waals surface area (Å²) in [5.41, 5.74) is 5.78. The van der Waals surface area contributed by atoms with Crippen molar-refractivity contribution in [3.05, 3.63) is 54.1 Å². The van der Waals surface area contributed by atoms with Crippen molar-refractivity contribution in [1.29, 1.82) is 0 Å². The highest BCUT2D eigenvalue weighted by molar-refractivity contribution is 6.07. The Morgan fingerprint density at radius 2 is 2.00 bits per heavy atom. The SMILES string of the molecule is Cc1cc2cn(C)nc2cc1-n1c2ccc(F)cc2c2[nH]ncc21. The standard InChI is InChI=1S/C18H14FN5/c1-10-5-11-9-23(2)22-14(11)7-16(10)24-15-4-3-12(19)6-13(15)18-17(24)8-20-21-18/h3-9H,1-2H3,(H,20,21). The minimum absolute atomic E-state index is 0.256. The van der Waals surface area contributed by atoms with Gasteiger partial charge in [0.2, 0.25) is 0 Å². The summed E-state index contributed by atoms with van der Waals surface area (Å²) in [6, 6.07) is 9.03. The van der Waals surface area contributed by atoms with Crippen LogP contribution in [0.3, 0.4) is 0 Å². The largest absolute Gasteiger partial charge is 0.306 e. The van der Waals surface area contributed by atoms with Crippen LogP contribution in [0.1, 0.15) is 5.56 Å². The topological polar surface area (TPSA) is 51.4 Å². The average Bonchev–Trinajstić information content (AvgIpc) is 3.20. The molecule has 0 aliphatic heterocycles. The van der Waals surface area contributed by atoms with E-state index < -0.39 is 0 Å². The molecule has 0 unspecified atom stereocenters. The van der Waals surface area contributed by atoms with Gasteiger partial charge >= 0.3 is 0 Å². The molecule has 5 aromatic rings. The second kappa shape index (κ2) is 4.44. The van der Waals surface area contributed by atoms with Gasteiger partial charge in [0.1, 0.15) is 5.82 Å². The molecule has 6 heteroatoms. The lowest BCUT2D eigenvalue weighted by molar-refractivity contribution is 0.629. The molecule has 0 saturated heterocycles. The number of rotatable bonds is 1. The van der Waals surface area contributed by atoms with E-state index in [9.17, 15) is 4.39 Å². The Labute approximate surface area is 136 Å². The van der Waals surface area contributed by atoms with Crippen molar-refractivity contribution in [2.45, 2.75) is 6.92 Å². The lowest BCUT2D eigenvalue weighted by Crippen LogP contribution is -1.97. The summed E-state index contributed by atoms with van der Waals surface area (Å²) in [6.07, 6.45) is 3.78. The highest BCUT2D eigenvalue weighted by Gasteiger charge is 2.16. The minimum atomic E-state index is -0.256. The van der Waals surface area contributed by atoms with Crippen LogP contribution in [0.4, 0.5) is 4.39 Å². The summed E-state index contributed by atoms with van der Waals surface area (Å²) in [7, 11) is 1.91. The molecular formula is C18H14FN5. The zero-order valence-corrected chi connectivity index (χ0v) is 13.2. The molecule has 5 nitrogen and oxygen atoms in total. The quantitative estimate of drug-likeness (QED) is 0.510. The van der Waals surface area contributed by atoms with Crippen LogP contribution in [0.5, 0.6) is 0 Å². The van der Waals surface area contributed by atoms with Crippen molar-refractivity contribution >= 4 is 32.8 Å². The van der Waals surface area contributed by atoms with Gasteiger partial charge in [-0.15, -0.1) is 0 Å². The maximum atomic E-state index is 13.7. The van der Waals surface area contributed by atoms with E-state index in [1.807, 2.05) is 17.9 Å². The number of nitrogens with one attached hydrogen (secondary N) is 1. The zero-order chi connectivity index (χ0) is 16.4. The predicted octanol–water partition coefficient (Wildman–Crippen LogP) is 3.84. The number of halogens is 1. The molecule has 0 radical (unpaired) electrons. The molecule has 0 saturated carbocycles. The van der Waals surface area contributed by atoms with E-state index in [-0.39, 0.29) is 5.82 Å². The summed E-state index contributed by atoms with van der Waals surface area (Å²) < 4.78 is 17.6. The van der Waals surface area contributed by atoms with Crippen molar-refractivity contribution in [3.8, 4) is 5.69 Å². The summed E-state index contributed by atoms with van der Waals surface area (Å²) in [5.74, 6) is -0.256. The number of benzene rings is 2. The van der Waals surface area contributed by atoms with E-state index in [0.717, 1.165) is 44.1 Å². The van der Waals surface area contributed by atoms with E-state index in [0.29, 0.717) is 0 Å². The van der Waals surface area contributed by atoms with Crippen molar-refractivity contribution in [1.82, 2.24) is 24.5 Å². The van der Waals surface area contributed by atoms with Crippen LogP contribution in [0.15, 0.2) is 42.7 Å². The molecule has 0 fully saturated rings. The molecular weight excluding hydrogens is 305 g/mol. The molecule has 0 amide bonds. The van der Waals surface area contributed by atoms with Gasteiger partial charge in [-0.25, -0.2) is 4.39 Å². The number of aromatic nitrogens is 5. The summed E-state index contributed by atoms with van der Waals surface area (Å²) >= 11 is 0. The Balaban J connectivity index is 1.94. The molecule has 5 rings (SSSR count). The predicted molar refractivity (Wildman–Crippen MR) is 91.9 cm³/mol. The molecule has 0 spiro atoms. The molecule has 3 heterocycles. The van der Waals surface area contributed by atoms with E-state index in [4.69, 9.17) is 0 Å². The third-order valence-electron chi connectivity index (χ3n) is 4.51. The first kappa shape index (κ1) is 13.3. The van der Waals surface area contributed by atoms with Gasteiger partial charge in [0.05, 0.1) is 34.0 Å². The van der Waals surface area contributed by atoms with Crippen molar-refractivity contribution < 1.29 is 4.39 Å². The molecule has 0 atom stereocenters. The molecule has 0 aliphatic carbocycles. The highest BCUT2D eigenvalue weighted by Crippen LogP contribution is 2.33. The number of aromatic amines is 1. The van der Waals surface area contributed by atoms with Crippen LogP contribution in [-0.2, 0) is 7.05 Å². The van der Waals surface area contributed by atoms with Gasteiger partial charge in [-0.3, -0.25) is 9.78 Å². The third-order valence-corrected chi connectivity index (χ3v) is 4.51. The van der Waals surface area contributed by atoms with Crippen LogP contribution >= 0.6 is 0 Å². The zero-order valence-electron chi connectivity index (χ0n) is 13.2. The van der Waals surface area contributed by atoms with E-state index in [2.05, 4.69) is 38.9 Å². The molecule has 24 heavy (non-hydrogen) atoms. The number of hydrogen-bond acceptors (Lipinski definition) is 2. The van der Waals surface area contributed by atoms with Crippen LogP contribution in [-0.4, -0.2) is 24.5 Å². The van der Waals surface area contributed by atoms with Gasteiger partial charge in [0.15, 0.2) is 0 Å². The van der Waals surface area contributed by atoms with Gasteiger partial charge < -0.3 is 4.57 Å². The van der Waals surface area contributed by atoms with Crippen molar-refractivity contribution in [2.75, 3.05) is 0 Å². The Morgan fingerprint density at radius 1 is 1.12 bits per heavy atom. The van der Waals surface area contributed by atoms with Crippen LogP contribution in [0.25, 0.3) is 38.5 Å². The number of fused-ring (bicyclic) bond motifs is 4. The normalized spacial score (nSPS) is 12.0. The van der Waals surface area contributed by atoms with Crippen molar-refractivity contribution in [3.63, 3.8) is 0 Å². The van der Waals surface area contributed by atoms with Crippen molar-refractivity contribution in [2.24, 2.45) is 7.05 Å². The number of H-pyrrole nitrogens is 1.